The van der Waals surface area contributed by atoms with E-state index in [1.165, 1.54) is 5.56 Å². The lowest BCUT2D eigenvalue weighted by molar-refractivity contribution is 0.0493. The Morgan fingerprint density at radius 1 is 0.968 bits per heavy atom. The number of carbonyl (C=O) groups is 1. The van der Waals surface area contributed by atoms with Crippen molar-refractivity contribution in [3.63, 3.8) is 0 Å². The molecule has 0 bridgehead atoms. The van der Waals surface area contributed by atoms with Crippen LogP contribution in [0.15, 0.2) is 48.5 Å². The van der Waals surface area contributed by atoms with Crippen LogP contribution in [0, 0.1) is 0 Å². The van der Waals surface area contributed by atoms with E-state index >= 15 is 0 Å². The summed E-state index contributed by atoms with van der Waals surface area (Å²) in [6, 6.07) is 15.8. The van der Waals surface area contributed by atoms with Gasteiger partial charge >= 0.3 is 5.97 Å². The van der Waals surface area contributed by atoms with E-state index < -0.39 is 0 Å². The SMILES string of the molecule is CCOc1ccc(CC(C)N(CC)CCCCOC(=O)c2ccc(OC)cc2)cc1.Cl. The minimum absolute atomic E-state index is 0. The number of hydrogen-bond acceptors (Lipinski definition) is 5. The second-order valence-corrected chi connectivity index (χ2v) is 7.33. The Kier molecular flexibility index (Phi) is 12.7. The van der Waals surface area contributed by atoms with Gasteiger partial charge in [0.15, 0.2) is 0 Å². The second kappa shape index (κ2) is 14.7. The van der Waals surface area contributed by atoms with E-state index in [2.05, 4.69) is 30.9 Å². The Hall–Kier alpha value is -2.24. The van der Waals surface area contributed by atoms with E-state index in [9.17, 15) is 4.79 Å². The van der Waals surface area contributed by atoms with E-state index in [-0.39, 0.29) is 18.4 Å². The number of likely N-dealkylation sites (N-methyl/N-ethyl adjacent to an activating group) is 1. The molecule has 0 amide bonds. The first kappa shape index (κ1) is 26.8. The molecule has 31 heavy (non-hydrogen) atoms. The molecule has 0 saturated heterocycles. The normalized spacial score (nSPS) is 11.5. The zero-order valence-corrected chi connectivity index (χ0v) is 20.0. The molecule has 0 N–H and O–H groups in total. The number of benzene rings is 2. The van der Waals surface area contributed by atoms with E-state index in [1.807, 2.05) is 19.1 Å². The monoisotopic (exact) mass is 449 g/mol. The summed E-state index contributed by atoms with van der Waals surface area (Å²) < 4.78 is 16.0. The minimum atomic E-state index is -0.283. The topological polar surface area (TPSA) is 48.0 Å². The van der Waals surface area contributed by atoms with Crippen LogP contribution in [0.25, 0.3) is 0 Å². The lowest BCUT2D eigenvalue weighted by atomic mass is 10.1. The van der Waals surface area contributed by atoms with Gasteiger partial charge in [-0.1, -0.05) is 19.1 Å². The number of nitrogens with zero attached hydrogens (tertiary/aromatic N) is 1. The van der Waals surface area contributed by atoms with Crippen molar-refractivity contribution in [2.24, 2.45) is 0 Å². The van der Waals surface area contributed by atoms with Gasteiger partial charge in [-0.15, -0.1) is 12.4 Å². The van der Waals surface area contributed by atoms with Gasteiger partial charge in [0.25, 0.3) is 0 Å². The maximum absolute atomic E-state index is 12.1. The smallest absolute Gasteiger partial charge is 0.338 e. The number of hydrogen-bond donors (Lipinski definition) is 0. The Labute approximate surface area is 193 Å². The average molecular weight is 450 g/mol. The molecule has 1 atom stereocenters. The summed E-state index contributed by atoms with van der Waals surface area (Å²) in [7, 11) is 1.60. The average Bonchev–Trinajstić information content (AvgIpc) is 2.77. The van der Waals surface area contributed by atoms with Gasteiger partial charge in [-0.2, -0.15) is 0 Å². The van der Waals surface area contributed by atoms with Crippen LogP contribution in [-0.2, 0) is 11.2 Å². The molecular formula is C25H36ClNO4. The maximum Gasteiger partial charge on any atom is 0.338 e. The molecule has 0 fully saturated rings. The van der Waals surface area contributed by atoms with Crippen molar-refractivity contribution < 1.29 is 19.0 Å². The highest BCUT2D eigenvalue weighted by Gasteiger charge is 2.13. The predicted molar refractivity (Wildman–Crippen MR) is 128 cm³/mol. The molecule has 0 radical (unpaired) electrons. The first-order chi connectivity index (χ1) is 14.6. The Bertz CT molecular complexity index is 749. The van der Waals surface area contributed by atoms with Crippen LogP contribution in [0.2, 0.25) is 0 Å². The van der Waals surface area contributed by atoms with Crippen LogP contribution in [0.4, 0.5) is 0 Å². The molecule has 0 aliphatic rings. The van der Waals surface area contributed by atoms with Crippen LogP contribution >= 0.6 is 12.4 Å². The highest BCUT2D eigenvalue weighted by atomic mass is 35.5. The molecule has 1 unspecified atom stereocenters. The quantitative estimate of drug-likeness (QED) is 0.302. The molecule has 0 heterocycles. The summed E-state index contributed by atoms with van der Waals surface area (Å²) in [5.74, 6) is 1.37. The number of ether oxygens (including phenoxy) is 3. The van der Waals surface area contributed by atoms with E-state index in [1.54, 1.807) is 31.4 Å². The summed E-state index contributed by atoms with van der Waals surface area (Å²) >= 11 is 0. The van der Waals surface area contributed by atoms with E-state index in [0.29, 0.717) is 24.8 Å². The molecule has 5 nitrogen and oxygen atoms in total. The highest BCUT2D eigenvalue weighted by molar-refractivity contribution is 5.89. The van der Waals surface area contributed by atoms with E-state index in [0.717, 1.165) is 43.9 Å². The summed E-state index contributed by atoms with van der Waals surface area (Å²) in [5.41, 5.74) is 1.87. The maximum atomic E-state index is 12.1. The third-order valence-corrected chi connectivity index (χ3v) is 5.19. The van der Waals surface area contributed by atoms with Gasteiger partial charge in [-0.3, -0.25) is 0 Å². The fourth-order valence-corrected chi connectivity index (χ4v) is 3.44. The van der Waals surface area contributed by atoms with Crippen LogP contribution in [0.5, 0.6) is 11.5 Å². The van der Waals surface area contributed by atoms with Gasteiger partial charge < -0.3 is 19.1 Å². The fraction of sp³-hybridized carbons (Fsp3) is 0.480. The predicted octanol–water partition coefficient (Wildman–Crippen LogP) is 5.41. The molecule has 0 spiro atoms. The van der Waals surface area contributed by atoms with Crippen LogP contribution < -0.4 is 9.47 Å². The zero-order valence-electron chi connectivity index (χ0n) is 19.1. The number of rotatable bonds is 13. The number of esters is 1. The molecule has 0 aliphatic heterocycles. The largest absolute Gasteiger partial charge is 0.497 e. The van der Waals surface area contributed by atoms with Gasteiger partial charge in [-0.05, 0) is 88.2 Å². The van der Waals surface area contributed by atoms with Crippen molar-refractivity contribution in [1.82, 2.24) is 4.90 Å². The molecule has 2 aromatic carbocycles. The number of unbranched alkanes of at least 4 members (excludes halogenated alkanes) is 1. The third kappa shape index (κ3) is 9.19. The van der Waals surface area contributed by atoms with Crippen molar-refractivity contribution in [3.8, 4) is 11.5 Å². The summed E-state index contributed by atoms with van der Waals surface area (Å²) in [4.78, 5) is 14.6. The first-order valence-electron chi connectivity index (χ1n) is 10.8. The lowest BCUT2D eigenvalue weighted by Crippen LogP contribution is -2.35. The van der Waals surface area contributed by atoms with Crippen molar-refractivity contribution in [2.45, 2.75) is 46.1 Å². The number of halogens is 1. The first-order valence-corrected chi connectivity index (χ1v) is 10.8. The van der Waals surface area contributed by atoms with Crippen LogP contribution in [-0.4, -0.2) is 50.3 Å². The van der Waals surface area contributed by atoms with Crippen molar-refractivity contribution >= 4 is 18.4 Å². The van der Waals surface area contributed by atoms with Crippen LogP contribution in [0.1, 0.15) is 49.5 Å². The minimum Gasteiger partial charge on any atom is -0.497 e. The summed E-state index contributed by atoms with van der Waals surface area (Å²) in [6.07, 6.45) is 2.86. The van der Waals surface area contributed by atoms with Crippen molar-refractivity contribution in [2.75, 3.05) is 33.4 Å². The summed E-state index contributed by atoms with van der Waals surface area (Å²) in [5, 5.41) is 0. The zero-order chi connectivity index (χ0) is 21.8. The van der Waals surface area contributed by atoms with Crippen molar-refractivity contribution in [1.29, 1.82) is 0 Å². The molecular weight excluding hydrogens is 414 g/mol. The Morgan fingerprint density at radius 3 is 2.19 bits per heavy atom. The highest BCUT2D eigenvalue weighted by Crippen LogP contribution is 2.16. The molecule has 172 valence electrons. The van der Waals surface area contributed by atoms with E-state index in [4.69, 9.17) is 14.2 Å². The molecule has 0 saturated carbocycles. The Morgan fingerprint density at radius 2 is 1.61 bits per heavy atom. The molecule has 0 aromatic heterocycles. The van der Waals surface area contributed by atoms with Gasteiger partial charge in [-0.25, -0.2) is 4.79 Å². The van der Waals surface area contributed by atoms with Crippen LogP contribution in [0.3, 0.4) is 0 Å². The standard InChI is InChI=1S/C25H35NO4.ClH/c1-5-26(20(3)19-21-9-13-24(14-10-21)29-6-2)17-7-8-18-30-25(27)22-11-15-23(28-4)16-12-22;/h9-16,20H,5-8,17-19H2,1-4H3;1H. The molecule has 2 aromatic rings. The summed E-state index contributed by atoms with van der Waals surface area (Å²) in [6.45, 7) is 9.58. The number of methoxy groups -OCH3 is 1. The second-order valence-electron chi connectivity index (χ2n) is 7.33. The Balaban J connectivity index is 0.00000480. The molecule has 2 rings (SSSR count). The van der Waals surface area contributed by atoms with Gasteiger partial charge in [0.05, 0.1) is 25.9 Å². The van der Waals surface area contributed by atoms with Gasteiger partial charge in [0.1, 0.15) is 11.5 Å². The number of carbonyl (C=O) groups excluding carboxylic acids is 1. The van der Waals surface area contributed by atoms with Crippen molar-refractivity contribution in [3.05, 3.63) is 59.7 Å². The molecule has 0 aliphatic carbocycles. The molecule has 6 heteroatoms. The van der Waals surface area contributed by atoms with Gasteiger partial charge in [0, 0.05) is 6.04 Å². The lowest BCUT2D eigenvalue weighted by Gasteiger charge is -2.28. The fourth-order valence-electron chi connectivity index (χ4n) is 3.44. The van der Waals surface area contributed by atoms with Gasteiger partial charge in [0.2, 0.25) is 0 Å². The third-order valence-electron chi connectivity index (χ3n) is 5.19.